The van der Waals surface area contributed by atoms with Gasteiger partial charge in [-0.3, -0.25) is 4.79 Å². The number of rotatable bonds is 3. The number of hydrogen-bond donors (Lipinski definition) is 4. The number of nitrogens with one attached hydrogen (secondary N) is 1. The van der Waals surface area contributed by atoms with Gasteiger partial charge >= 0.3 is 0 Å². The molecule has 1 aromatic carbocycles. The van der Waals surface area contributed by atoms with Crippen LogP contribution in [0.15, 0.2) is 18.2 Å². The minimum atomic E-state index is -0.305. The lowest BCUT2D eigenvalue weighted by Crippen LogP contribution is -2.32. The molecule has 5 nitrogen and oxygen atoms in total. The van der Waals surface area contributed by atoms with Gasteiger partial charge in [0.1, 0.15) is 0 Å². The molecule has 1 saturated carbocycles. The van der Waals surface area contributed by atoms with E-state index < -0.39 is 0 Å². The molecule has 104 valence electrons. The third-order valence-corrected chi connectivity index (χ3v) is 3.54. The molecular formula is C14H19NO4. The smallest absolute Gasteiger partial charge is 0.251 e. The molecule has 2 rings (SSSR count). The number of phenols is 2. The molecule has 0 saturated heterocycles. The van der Waals surface area contributed by atoms with E-state index >= 15 is 0 Å². The first-order valence-electron chi connectivity index (χ1n) is 6.54. The van der Waals surface area contributed by atoms with Gasteiger partial charge in [0.15, 0.2) is 11.5 Å². The van der Waals surface area contributed by atoms with Crippen molar-refractivity contribution in [3.8, 4) is 11.5 Å². The highest BCUT2D eigenvalue weighted by Crippen LogP contribution is 2.25. The molecule has 2 unspecified atom stereocenters. The van der Waals surface area contributed by atoms with Crippen molar-refractivity contribution < 1.29 is 20.1 Å². The predicted molar refractivity (Wildman–Crippen MR) is 70.1 cm³/mol. The van der Waals surface area contributed by atoms with E-state index in [1.807, 2.05) is 0 Å². The fourth-order valence-electron chi connectivity index (χ4n) is 2.45. The lowest BCUT2D eigenvalue weighted by atomic mass is 9.87. The van der Waals surface area contributed by atoms with E-state index in [-0.39, 0.29) is 23.5 Å². The van der Waals surface area contributed by atoms with Crippen molar-refractivity contribution in [1.82, 2.24) is 5.32 Å². The number of aliphatic hydroxyl groups excluding tert-OH is 1. The highest BCUT2D eigenvalue weighted by molar-refractivity contribution is 5.94. The largest absolute Gasteiger partial charge is 0.504 e. The number of amides is 1. The van der Waals surface area contributed by atoms with Crippen LogP contribution in [-0.4, -0.2) is 33.9 Å². The number of aromatic hydroxyl groups is 2. The Bertz CT molecular complexity index is 461. The molecule has 19 heavy (non-hydrogen) atoms. The molecule has 0 bridgehead atoms. The molecule has 0 radical (unpaired) electrons. The van der Waals surface area contributed by atoms with Gasteiger partial charge in [-0.25, -0.2) is 0 Å². The number of carbonyl (C=O) groups excluding carboxylic acids is 1. The van der Waals surface area contributed by atoms with Crippen LogP contribution in [0.1, 0.15) is 36.0 Å². The summed E-state index contributed by atoms with van der Waals surface area (Å²) in [6.45, 7) is 0.525. The van der Waals surface area contributed by atoms with Gasteiger partial charge < -0.3 is 20.6 Å². The molecule has 1 aliphatic rings. The molecule has 0 heterocycles. The van der Waals surface area contributed by atoms with Crippen molar-refractivity contribution in [3.05, 3.63) is 23.8 Å². The van der Waals surface area contributed by atoms with Gasteiger partial charge in [-0.15, -0.1) is 0 Å². The highest BCUT2D eigenvalue weighted by Gasteiger charge is 2.20. The topological polar surface area (TPSA) is 89.8 Å². The Hall–Kier alpha value is -1.75. The fourth-order valence-corrected chi connectivity index (χ4v) is 2.45. The van der Waals surface area contributed by atoms with Gasteiger partial charge in [0.2, 0.25) is 0 Å². The van der Waals surface area contributed by atoms with Gasteiger partial charge in [-0.2, -0.15) is 0 Å². The first kappa shape index (κ1) is 13.7. The standard InChI is InChI=1S/C14H19NO4/c16-11-3-1-2-9(6-11)8-15-14(19)10-4-5-12(17)13(18)7-10/h4-5,7,9,11,16-18H,1-3,6,8H2,(H,15,19). The van der Waals surface area contributed by atoms with Crippen LogP contribution in [0, 0.1) is 5.92 Å². The summed E-state index contributed by atoms with van der Waals surface area (Å²) in [6, 6.07) is 3.98. The Balaban J connectivity index is 1.88. The number of benzene rings is 1. The maximum absolute atomic E-state index is 11.9. The Morgan fingerprint density at radius 1 is 1.26 bits per heavy atom. The second-order valence-corrected chi connectivity index (χ2v) is 5.10. The molecule has 4 N–H and O–H groups in total. The van der Waals surface area contributed by atoms with Gasteiger partial charge in [0.05, 0.1) is 6.10 Å². The Kier molecular flexibility index (Phi) is 4.27. The van der Waals surface area contributed by atoms with E-state index in [9.17, 15) is 20.1 Å². The molecule has 0 aromatic heterocycles. The molecule has 5 heteroatoms. The minimum Gasteiger partial charge on any atom is -0.504 e. The maximum Gasteiger partial charge on any atom is 0.251 e. The number of phenolic OH excluding ortho intramolecular Hbond substituents is 2. The molecule has 1 aromatic rings. The first-order chi connectivity index (χ1) is 9.06. The summed E-state index contributed by atoms with van der Waals surface area (Å²) in [5.41, 5.74) is 0.312. The second kappa shape index (κ2) is 5.93. The van der Waals surface area contributed by atoms with Gasteiger partial charge in [-0.05, 0) is 43.4 Å². The summed E-state index contributed by atoms with van der Waals surface area (Å²) in [5, 5.41) is 30.9. The number of aliphatic hydroxyl groups is 1. The summed E-state index contributed by atoms with van der Waals surface area (Å²) >= 11 is 0. The van der Waals surface area contributed by atoms with Crippen molar-refractivity contribution in [2.24, 2.45) is 5.92 Å². The van der Waals surface area contributed by atoms with E-state index in [4.69, 9.17) is 0 Å². The molecular weight excluding hydrogens is 246 g/mol. The molecule has 0 spiro atoms. The van der Waals surface area contributed by atoms with E-state index in [1.54, 1.807) is 0 Å². The van der Waals surface area contributed by atoms with Crippen molar-refractivity contribution in [1.29, 1.82) is 0 Å². The van der Waals surface area contributed by atoms with Crippen LogP contribution in [-0.2, 0) is 0 Å². The summed E-state index contributed by atoms with van der Waals surface area (Å²) in [4.78, 5) is 11.9. The van der Waals surface area contributed by atoms with Crippen LogP contribution in [0.25, 0.3) is 0 Å². The van der Waals surface area contributed by atoms with E-state index in [2.05, 4.69) is 5.32 Å². The lowest BCUT2D eigenvalue weighted by Gasteiger charge is -2.25. The van der Waals surface area contributed by atoms with Crippen molar-refractivity contribution in [3.63, 3.8) is 0 Å². The lowest BCUT2D eigenvalue weighted by molar-refractivity contribution is 0.0873. The van der Waals surface area contributed by atoms with E-state index in [0.717, 1.165) is 25.7 Å². The van der Waals surface area contributed by atoms with Crippen LogP contribution >= 0.6 is 0 Å². The van der Waals surface area contributed by atoms with E-state index in [1.165, 1.54) is 18.2 Å². The summed E-state index contributed by atoms with van der Waals surface area (Å²) in [7, 11) is 0. The maximum atomic E-state index is 11.9. The summed E-state index contributed by atoms with van der Waals surface area (Å²) in [5.74, 6) is -0.526. The van der Waals surface area contributed by atoms with Crippen molar-refractivity contribution >= 4 is 5.91 Å². The fraction of sp³-hybridized carbons (Fsp3) is 0.500. The summed E-state index contributed by atoms with van der Waals surface area (Å²) < 4.78 is 0. The van der Waals surface area contributed by atoms with Gasteiger partial charge in [0, 0.05) is 12.1 Å². The monoisotopic (exact) mass is 265 g/mol. The average molecular weight is 265 g/mol. The predicted octanol–water partition coefficient (Wildman–Crippen LogP) is 1.38. The van der Waals surface area contributed by atoms with Crippen molar-refractivity contribution in [2.75, 3.05) is 6.54 Å². The van der Waals surface area contributed by atoms with E-state index in [0.29, 0.717) is 18.0 Å². The van der Waals surface area contributed by atoms with Gasteiger partial charge in [0.25, 0.3) is 5.91 Å². The minimum absolute atomic E-state index is 0.244. The zero-order valence-electron chi connectivity index (χ0n) is 10.7. The van der Waals surface area contributed by atoms with Crippen LogP contribution in [0.3, 0.4) is 0 Å². The van der Waals surface area contributed by atoms with Crippen LogP contribution < -0.4 is 5.32 Å². The third-order valence-electron chi connectivity index (χ3n) is 3.54. The molecule has 2 atom stereocenters. The van der Waals surface area contributed by atoms with Crippen molar-refractivity contribution in [2.45, 2.75) is 31.8 Å². The average Bonchev–Trinajstić information content (AvgIpc) is 2.39. The van der Waals surface area contributed by atoms with Crippen LogP contribution in [0.5, 0.6) is 11.5 Å². The van der Waals surface area contributed by atoms with Gasteiger partial charge in [-0.1, -0.05) is 6.42 Å². The molecule has 1 fully saturated rings. The Labute approximate surface area is 111 Å². The normalized spacial score (nSPS) is 23.0. The molecule has 0 aliphatic heterocycles. The number of hydrogen-bond acceptors (Lipinski definition) is 4. The summed E-state index contributed by atoms with van der Waals surface area (Å²) in [6.07, 6.45) is 3.31. The first-order valence-corrected chi connectivity index (χ1v) is 6.54. The quantitative estimate of drug-likeness (QED) is 0.621. The third kappa shape index (κ3) is 3.61. The van der Waals surface area contributed by atoms with Crippen LogP contribution in [0.4, 0.5) is 0 Å². The second-order valence-electron chi connectivity index (χ2n) is 5.10. The zero-order chi connectivity index (χ0) is 13.8. The highest BCUT2D eigenvalue weighted by atomic mass is 16.3. The van der Waals surface area contributed by atoms with Crippen LogP contribution in [0.2, 0.25) is 0 Å². The molecule has 1 amide bonds. The zero-order valence-corrected chi connectivity index (χ0v) is 10.7. The Morgan fingerprint density at radius 3 is 2.74 bits per heavy atom. The molecule has 1 aliphatic carbocycles. The number of carbonyl (C=O) groups is 1. The SMILES string of the molecule is O=C(NCC1CCCC(O)C1)c1ccc(O)c(O)c1. The Morgan fingerprint density at radius 2 is 2.05 bits per heavy atom.